The van der Waals surface area contributed by atoms with Crippen molar-refractivity contribution in [1.82, 2.24) is 9.55 Å². The van der Waals surface area contributed by atoms with Crippen LogP contribution in [-0.2, 0) is 16.1 Å². The first-order valence-corrected chi connectivity index (χ1v) is 11.1. The molecule has 1 fully saturated rings. The number of nitrogens with zero attached hydrogens (tertiary/aromatic N) is 3. The van der Waals surface area contributed by atoms with Gasteiger partial charge in [0.25, 0.3) is 0 Å². The van der Waals surface area contributed by atoms with Gasteiger partial charge in [-0.2, -0.15) is 0 Å². The van der Waals surface area contributed by atoms with Crippen molar-refractivity contribution in [2.45, 2.75) is 18.1 Å². The van der Waals surface area contributed by atoms with Crippen LogP contribution in [0.2, 0.25) is 5.02 Å². The Kier molecular flexibility index (Phi) is 5.00. The topological polar surface area (TPSA) is 67.2 Å². The van der Waals surface area contributed by atoms with Gasteiger partial charge in [-0.25, -0.2) is 4.98 Å². The summed E-state index contributed by atoms with van der Waals surface area (Å²) in [4.78, 5) is 31.6. The van der Waals surface area contributed by atoms with Gasteiger partial charge in [0, 0.05) is 53.4 Å². The van der Waals surface area contributed by atoms with Gasteiger partial charge in [-0.05, 0) is 36.4 Å². The molecule has 30 heavy (non-hydrogen) atoms. The van der Waals surface area contributed by atoms with Crippen molar-refractivity contribution in [3.63, 3.8) is 0 Å². The number of nitrogens with one attached hydrogen (secondary N) is 1. The van der Waals surface area contributed by atoms with E-state index >= 15 is 0 Å². The highest BCUT2D eigenvalue weighted by Crippen LogP contribution is 2.31. The molecule has 1 aromatic heterocycles. The lowest BCUT2D eigenvalue weighted by Gasteiger charge is -2.17. The zero-order valence-corrected chi connectivity index (χ0v) is 17.6. The number of thioether (sulfide) groups is 1. The van der Waals surface area contributed by atoms with Crippen LogP contribution in [0.25, 0.3) is 11.3 Å². The summed E-state index contributed by atoms with van der Waals surface area (Å²) in [5.74, 6) is 0.451. The minimum Gasteiger partial charge on any atom is -0.326 e. The van der Waals surface area contributed by atoms with Crippen molar-refractivity contribution in [1.29, 1.82) is 0 Å². The molecule has 152 valence electrons. The second-order valence-corrected chi connectivity index (χ2v) is 8.90. The number of carbonyl (C=O) groups is 2. The maximum absolute atomic E-state index is 12.8. The van der Waals surface area contributed by atoms with Crippen molar-refractivity contribution < 1.29 is 9.59 Å². The summed E-state index contributed by atoms with van der Waals surface area (Å²) in [6.45, 7) is 1.33. The summed E-state index contributed by atoms with van der Waals surface area (Å²) in [5.41, 5.74) is 3.32. The van der Waals surface area contributed by atoms with E-state index in [9.17, 15) is 9.59 Å². The van der Waals surface area contributed by atoms with Crippen LogP contribution in [0, 0.1) is 5.92 Å². The summed E-state index contributed by atoms with van der Waals surface area (Å²) in [5, 5.41) is 4.61. The molecule has 0 aliphatic carbocycles. The van der Waals surface area contributed by atoms with E-state index in [4.69, 9.17) is 11.6 Å². The Hall–Kier alpha value is -2.77. The Morgan fingerprint density at radius 3 is 2.83 bits per heavy atom. The molecule has 1 saturated heterocycles. The van der Waals surface area contributed by atoms with E-state index in [1.54, 1.807) is 40.9 Å². The zero-order valence-electron chi connectivity index (χ0n) is 16.0. The highest BCUT2D eigenvalue weighted by atomic mass is 35.5. The lowest BCUT2D eigenvalue weighted by molar-refractivity contribution is -0.122. The second kappa shape index (κ2) is 7.81. The highest BCUT2D eigenvalue weighted by Gasteiger charge is 2.35. The molecule has 2 aliphatic heterocycles. The van der Waals surface area contributed by atoms with E-state index in [0.29, 0.717) is 17.3 Å². The van der Waals surface area contributed by atoms with Crippen molar-refractivity contribution in [2.24, 2.45) is 5.92 Å². The van der Waals surface area contributed by atoms with Gasteiger partial charge in [0.15, 0.2) is 5.16 Å². The van der Waals surface area contributed by atoms with Crippen molar-refractivity contribution >= 4 is 46.6 Å². The monoisotopic (exact) mass is 438 g/mol. The third-order valence-electron chi connectivity index (χ3n) is 5.36. The van der Waals surface area contributed by atoms with Crippen LogP contribution in [0.4, 0.5) is 11.4 Å². The molecule has 2 aliphatic rings. The highest BCUT2D eigenvalue weighted by molar-refractivity contribution is 7.99. The smallest absolute Gasteiger partial charge is 0.229 e. The number of anilines is 2. The van der Waals surface area contributed by atoms with Gasteiger partial charge in [0.2, 0.25) is 11.8 Å². The number of benzene rings is 2. The molecule has 1 atom stereocenters. The molecular weight excluding hydrogens is 420 g/mol. The normalized spacial score (nSPS) is 18.0. The molecule has 2 amide bonds. The number of aromatic nitrogens is 2. The van der Waals surface area contributed by atoms with Crippen LogP contribution in [0.1, 0.15) is 6.42 Å². The lowest BCUT2D eigenvalue weighted by Crippen LogP contribution is -2.28. The van der Waals surface area contributed by atoms with Gasteiger partial charge in [-0.1, -0.05) is 35.5 Å². The van der Waals surface area contributed by atoms with Crippen molar-refractivity contribution in [3.8, 4) is 11.3 Å². The number of aryl methyl sites for hydroxylation is 1. The average molecular weight is 439 g/mol. The third-order valence-corrected chi connectivity index (χ3v) is 6.59. The van der Waals surface area contributed by atoms with Crippen LogP contribution in [0.5, 0.6) is 0 Å². The molecule has 1 unspecified atom stereocenters. The fraction of sp³-hybridized carbons (Fsp3) is 0.227. The summed E-state index contributed by atoms with van der Waals surface area (Å²) in [6.07, 6.45) is 2.25. The van der Waals surface area contributed by atoms with E-state index in [-0.39, 0.29) is 18.2 Å². The Morgan fingerprint density at radius 2 is 2.03 bits per heavy atom. The molecule has 0 radical (unpaired) electrons. The first-order valence-electron chi connectivity index (χ1n) is 9.74. The summed E-state index contributed by atoms with van der Waals surface area (Å²) < 4.78 is 2.15. The molecule has 3 aromatic rings. The van der Waals surface area contributed by atoms with E-state index in [2.05, 4.69) is 21.1 Å². The number of amides is 2. The molecule has 1 N–H and O–H groups in total. The largest absolute Gasteiger partial charge is 0.326 e. The van der Waals surface area contributed by atoms with E-state index in [1.165, 1.54) is 0 Å². The van der Waals surface area contributed by atoms with Gasteiger partial charge in [0.05, 0.1) is 11.6 Å². The van der Waals surface area contributed by atoms with Gasteiger partial charge in [-0.15, -0.1) is 0 Å². The molecular formula is C22H19ClN4O2S. The summed E-state index contributed by atoms with van der Waals surface area (Å²) in [6, 6.07) is 14.7. The van der Waals surface area contributed by atoms with E-state index in [1.807, 2.05) is 24.3 Å². The number of halogens is 1. The number of hydrogen-bond acceptors (Lipinski definition) is 4. The first-order chi connectivity index (χ1) is 14.6. The van der Waals surface area contributed by atoms with Gasteiger partial charge >= 0.3 is 0 Å². The van der Waals surface area contributed by atoms with E-state index in [0.717, 1.165) is 34.4 Å². The maximum Gasteiger partial charge on any atom is 0.229 e. The van der Waals surface area contributed by atoms with Crippen LogP contribution in [0.3, 0.4) is 0 Å². The number of hydrogen-bond donors (Lipinski definition) is 1. The molecule has 3 heterocycles. The molecule has 0 saturated carbocycles. The van der Waals surface area contributed by atoms with Crippen LogP contribution >= 0.6 is 23.4 Å². The predicted octanol–water partition coefficient (Wildman–Crippen LogP) is 4.30. The maximum atomic E-state index is 12.8. The van der Waals surface area contributed by atoms with Crippen molar-refractivity contribution in [2.75, 3.05) is 22.5 Å². The molecule has 8 heteroatoms. The molecule has 5 rings (SSSR count). The van der Waals surface area contributed by atoms with Crippen LogP contribution in [-0.4, -0.2) is 33.7 Å². The third kappa shape index (κ3) is 3.70. The SMILES string of the molecule is O=C(Nc1cccc(-c2cn3c(n2)SCC3)c1)C1CC(=O)N(c2ccc(Cl)cc2)C1. The summed E-state index contributed by atoms with van der Waals surface area (Å²) in [7, 11) is 0. The quantitative estimate of drug-likeness (QED) is 0.659. The van der Waals surface area contributed by atoms with Crippen LogP contribution in [0.15, 0.2) is 59.9 Å². The van der Waals surface area contributed by atoms with Gasteiger partial charge < -0.3 is 14.8 Å². The number of rotatable bonds is 4. The minimum absolute atomic E-state index is 0.0590. The number of fused-ring (bicyclic) bond motifs is 1. The molecule has 2 aromatic carbocycles. The Morgan fingerprint density at radius 1 is 1.20 bits per heavy atom. The standard InChI is InChI=1S/C22H19ClN4O2S/c23-16-4-6-18(7-5-16)27-12-15(11-20(27)28)21(29)24-17-3-1-2-14(10-17)19-13-26-8-9-30-22(26)25-19/h1-7,10,13,15H,8-9,11-12H2,(H,24,29). The molecule has 6 nitrogen and oxygen atoms in total. The van der Waals surface area contributed by atoms with Crippen molar-refractivity contribution in [3.05, 3.63) is 59.8 Å². The zero-order chi connectivity index (χ0) is 20.7. The number of imidazole rings is 1. The Bertz CT molecular complexity index is 1110. The van der Waals surface area contributed by atoms with Crippen LogP contribution < -0.4 is 10.2 Å². The Balaban J connectivity index is 1.28. The molecule has 0 spiro atoms. The Labute approximate surface area is 183 Å². The number of carbonyl (C=O) groups excluding carboxylic acids is 2. The fourth-order valence-corrected chi connectivity index (χ4v) is 4.87. The van der Waals surface area contributed by atoms with Gasteiger partial charge in [0.1, 0.15) is 0 Å². The minimum atomic E-state index is -0.398. The first kappa shape index (κ1) is 19.2. The van der Waals surface area contributed by atoms with Gasteiger partial charge in [-0.3, -0.25) is 9.59 Å². The lowest BCUT2D eigenvalue weighted by atomic mass is 10.1. The molecule has 0 bridgehead atoms. The average Bonchev–Trinajstić information content (AvgIpc) is 3.44. The predicted molar refractivity (Wildman–Crippen MR) is 119 cm³/mol. The summed E-state index contributed by atoms with van der Waals surface area (Å²) >= 11 is 7.68. The fourth-order valence-electron chi connectivity index (χ4n) is 3.80. The van der Waals surface area contributed by atoms with E-state index < -0.39 is 5.92 Å². The second-order valence-electron chi connectivity index (χ2n) is 7.40.